The summed E-state index contributed by atoms with van der Waals surface area (Å²) in [5, 5.41) is 9.64. The van der Waals surface area contributed by atoms with E-state index >= 15 is 0 Å². The molecule has 0 saturated heterocycles. The van der Waals surface area contributed by atoms with Crippen molar-refractivity contribution in [2.24, 2.45) is 0 Å². The molecule has 0 spiro atoms. The Balaban J connectivity index is 2.19. The molecule has 4 heteroatoms. The number of benzene rings is 2. The minimum Gasteiger partial charge on any atom is -0.488 e. The minimum atomic E-state index is -0.699. The molecule has 0 fully saturated rings. The SMILES string of the molecule is C[C@H](O)c1ccc(F)cc1OCc1ccccc1Br. The Morgan fingerprint density at radius 1 is 1.26 bits per heavy atom. The third-order valence-corrected chi connectivity index (χ3v) is 3.54. The van der Waals surface area contributed by atoms with Gasteiger partial charge in [0, 0.05) is 21.7 Å². The zero-order chi connectivity index (χ0) is 13.8. The van der Waals surface area contributed by atoms with Crippen LogP contribution in [-0.4, -0.2) is 5.11 Å². The summed E-state index contributed by atoms with van der Waals surface area (Å²) in [5.41, 5.74) is 1.54. The topological polar surface area (TPSA) is 29.5 Å². The first-order valence-corrected chi connectivity index (χ1v) is 6.71. The lowest BCUT2D eigenvalue weighted by Gasteiger charge is -2.14. The number of ether oxygens (including phenoxy) is 1. The fourth-order valence-electron chi connectivity index (χ4n) is 1.75. The summed E-state index contributed by atoms with van der Waals surface area (Å²) in [5.74, 6) is -0.0164. The van der Waals surface area contributed by atoms with Crippen LogP contribution in [0.3, 0.4) is 0 Å². The van der Waals surface area contributed by atoms with Crippen LogP contribution in [0.2, 0.25) is 0 Å². The first-order valence-electron chi connectivity index (χ1n) is 5.91. The van der Waals surface area contributed by atoms with Gasteiger partial charge in [0.05, 0.1) is 6.10 Å². The highest BCUT2D eigenvalue weighted by molar-refractivity contribution is 9.10. The van der Waals surface area contributed by atoms with E-state index in [9.17, 15) is 9.50 Å². The van der Waals surface area contributed by atoms with Gasteiger partial charge >= 0.3 is 0 Å². The van der Waals surface area contributed by atoms with Gasteiger partial charge in [-0.15, -0.1) is 0 Å². The summed E-state index contributed by atoms with van der Waals surface area (Å²) >= 11 is 3.43. The second-order valence-corrected chi connectivity index (χ2v) is 5.09. The molecule has 1 N–H and O–H groups in total. The largest absolute Gasteiger partial charge is 0.488 e. The molecule has 0 amide bonds. The van der Waals surface area contributed by atoms with Crippen molar-refractivity contribution >= 4 is 15.9 Å². The Hall–Kier alpha value is -1.39. The maximum atomic E-state index is 13.2. The second kappa shape index (κ2) is 6.17. The van der Waals surface area contributed by atoms with Gasteiger partial charge in [-0.25, -0.2) is 4.39 Å². The van der Waals surface area contributed by atoms with Gasteiger partial charge in [0.1, 0.15) is 18.2 Å². The number of aliphatic hydroxyl groups is 1. The lowest BCUT2D eigenvalue weighted by molar-refractivity contribution is 0.189. The standard InChI is InChI=1S/C15H14BrFO2/c1-10(18)13-7-6-12(17)8-15(13)19-9-11-4-2-3-5-14(11)16/h2-8,10,18H,9H2,1H3/t10-/m0/s1. The molecule has 0 aliphatic heterocycles. The predicted octanol–water partition coefficient (Wildman–Crippen LogP) is 4.22. The van der Waals surface area contributed by atoms with Gasteiger partial charge < -0.3 is 9.84 Å². The zero-order valence-electron chi connectivity index (χ0n) is 10.4. The number of aliphatic hydroxyl groups excluding tert-OH is 1. The molecule has 19 heavy (non-hydrogen) atoms. The number of rotatable bonds is 4. The summed E-state index contributed by atoms with van der Waals surface area (Å²) in [6, 6.07) is 11.8. The van der Waals surface area contributed by atoms with Crippen LogP contribution in [0.4, 0.5) is 4.39 Å². The Kier molecular flexibility index (Phi) is 4.56. The lowest BCUT2D eigenvalue weighted by Crippen LogP contribution is -2.02. The third-order valence-electron chi connectivity index (χ3n) is 2.77. The maximum absolute atomic E-state index is 13.2. The molecule has 1 atom stereocenters. The Morgan fingerprint density at radius 2 is 2.00 bits per heavy atom. The van der Waals surface area contributed by atoms with Crippen molar-refractivity contribution < 1.29 is 14.2 Å². The summed E-state index contributed by atoms with van der Waals surface area (Å²) < 4.78 is 19.8. The van der Waals surface area contributed by atoms with Crippen molar-refractivity contribution in [3.05, 3.63) is 63.9 Å². The van der Waals surface area contributed by atoms with Crippen LogP contribution < -0.4 is 4.74 Å². The van der Waals surface area contributed by atoms with Crippen molar-refractivity contribution in [3.8, 4) is 5.75 Å². The molecule has 2 rings (SSSR count). The van der Waals surface area contributed by atoms with Crippen LogP contribution in [0.1, 0.15) is 24.2 Å². The molecule has 0 bridgehead atoms. The van der Waals surface area contributed by atoms with Crippen LogP contribution in [-0.2, 0) is 6.61 Å². The highest BCUT2D eigenvalue weighted by Crippen LogP contribution is 2.27. The summed E-state index contributed by atoms with van der Waals surface area (Å²) in [6.45, 7) is 1.93. The predicted molar refractivity (Wildman–Crippen MR) is 75.5 cm³/mol. The average Bonchev–Trinajstić information content (AvgIpc) is 2.37. The molecule has 0 aliphatic carbocycles. The number of hydrogen-bond donors (Lipinski definition) is 1. The average molecular weight is 325 g/mol. The molecule has 2 aromatic rings. The van der Waals surface area contributed by atoms with E-state index < -0.39 is 6.10 Å². The fraction of sp³-hybridized carbons (Fsp3) is 0.200. The van der Waals surface area contributed by atoms with Crippen LogP contribution in [0.15, 0.2) is 46.9 Å². The van der Waals surface area contributed by atoms with Gasteiger partial charge in [0.15, 0.2) is 0 Å². The van der Waals surface area contributed by atoms with Gasteiger partial charge in [-0.3, -0.25) is 0 Å². The number of hydrogen-bond acceptors (Lipinski definition) is 2. The van der Waals surface area contributed by atoms with Crippen LogP contribution in [0.25, 0.3) is 0 Å². The molecule has 0 saturated carbocycles. The van der Waals surface area contributed by atoms with Crippen LogP contribution in [0.5, 0.6) is 5.75 Å². The third kappa shape index (κ3) is 3.55. The smallest absolute Gasteiger partial charge is 0.128 e. The summed E-state index contributed by atoms with van der Waals surface area (Å²) in [6.07, 6.45) is -0.699. The van der Waals surface area contributed by atoms with Gasteiger partial charge in [-0.2, -0.15) is 0 Å². The van der Waals surface area contributed by atoms with Gasteiger partial charge in [0.25, 0.3) is 0 Å². The summed E-state index contributed by atoms with van der Waals surface area (Å²) in [4.78, 5) is 0. The molecule has 0 aromatic heterocycles. The molecule has 2 aromatic carbocycles. The van der Waals surface area contributed by atoms with Crippen molar-refractivity contribution in [2.45, 2.75) is 19.6 Å². The van der Waals surface area contributed by atoms with Crippen molar-refractivity contribution in [1.82, 2.24) is 0 Å². The highest BCUT2D eigenvalue weighted by atomic mass is 79.9. The molecular formula is C15H14BrFO2. The Bertz CT molecular complexity index is 570. The molecule has 2 nitrogen and oxygen atoms in total. The quantitative estimate of drug-likeness (QED) is 0.912. The molecule has 0 aliphatic rings. The van der Waals surface area contributed by atoms with Gasteiger partial charge in [-0.1, -0.05) is 34.1 Å². The van der Waals surface area contributed by atoms with E-state index in [1.807, 2.05) is 24.3 Å². The molecule has 0 heterocycles. The van der Waals surface area contributed by atoms with E-state index in [1.165, 1.54) is 18.2 Å². The molecule has 0 radical (unpaired) electrons. The molecular weight excluding hydrogens is 311 g/mol. The van der Waals surface area contributed by atoms with Gasteiger partial charge in [-0.05, 0) is 25.1 Å². The van der Waals surface area contributed by atoms with Crippen LogP contribution in [0, 0.1) is 5.82 Å². The zero-order valence-corrected chi connectivity index (χ0v) is 12.0. The van der Waals surface area contributed by atoms with Crippen molar-refractivity contribution in [3.63, 3.8) is 0 Å². The van der Waals surface area contributed by atoms with E-state index in [1.54, 1.807) is 6.92 Å². The van der Waals surface area contributed by atoms with E-state index in [-0.39, 0.29) is 5.82 Å². The first kappa shape index (κ1) is 14.0. The first-order chi connectivity index (χ1) is 9.08. The van der Waals surface area contributed by atoms with E-state index in [0.717, 1.165) is 10.0 Å². The van der Waals surface area contributed by atoms with E-state index in [4.69, 9.17) is 4.74 Å². The van der Waals surface area contributed by atoms with Crippen molar-refractivity contribution in [1.29, 1.82) is 0 Å². The monoisotopic (exact) mass is 324 g/mol. The van der Waals surface area contributed by atoms with Gasteiger partial charge in [0.2, 0.25) is 0 Å². The lowest BCUT2D eigenvalue weighted by atomic mass is 10.1. The highest BCUT2D eigenvalue weighted by Gasteiger charge is 2.11. The number of halogens is 2. The Labute approximate surface area is 120 Å². The second-order valence-electron chi connectivity index (χ2n) is 4.24. The van der Waals surface area contributed by atoms with E-state index in [0.29, 0.717) is 17.9 Å². The molecule has 100 valence electrons. The summed E-state index contributed by atoms with van der Waals surface area (Å²) in [7, 11) is 0. The Morgan fingerprint density at radius 3 is 2.68 bits per heavy atom. The normalized spacial score (nSPS) is 12.2. The van der Waals surface area contributed by atoms with Crippen LogP contribution >= 0.6 is 15.9 Å². The molecule has 0 unspecified atom stereocenters. The minimum absolute atomic E-state index is 0.310. The van der Waals surface area contributed by atoms with Crippen molar-refractivity contribution in [2.75, 3.05) is 0 Å². The maximum Gasteiger partial charge on any atom is 0.128 e. The van der Waals surface area contributed by atoms with E-state index in [2.05, 4.69) is 15.9 Å². The fourth-order valence-corrected chi connectivity index (χ4v) is 2.15.